The van der Waals surface area contributed by atoms with Crippen LogP contribution in [-0.2, 0) is 23.6 Å². The van der Waals surface area contributed by atoms with Gasteiger partial charge in [-0.15, -0.1) is 0 Å². The third-order valence-corrected chi connectivity index (χ3v) is 15.5. The Bertz CT molecular complexity index is 1020. The predicted molar refractivity (Wildman–Crippen MR) is 140 cm³/mol. The fourth-order valence-corrected chi connectivity index (χ4v) is 9.94. The number of benzene rings is 1. The zero-order valence-electron chi connectivity index (χ0n) is 22.4. The molecule has 1 aliphatic carbocycles. The molecular weight excluding hydrogens is 483 g/mol. The van der Waals surface area contributed by atoms with Gasteiger partial charge in [0.2, 0.25) is 10.0 Å². The highest BCUT2D eigenvalue weighted by atomic mass is 32.2. The Hall–Kier alpha value is -0.556. The molecule has 1 saturated carbocycles. The van der Waals surface area contributed by atoms with Gasteiger partial charge in [-0.3, -0.25) is 0 Å². The minimum Gasteiger partial charge on any atom is -0.412 e. The highest BCUT2D eigenvalue weighted by molar-refractivity contribution is 7.89. The molecule has 0 spiro atoms. The fourth-order valence-electron chi connectivity index (χ4n) is 5.28. The van der Waals surface area contributed by atoms with E-state index in [-0.39, 0.29) is 17.2 Å². The van der Waals surface area contributed by atoms with E-state index in [4.69, 9.17) is 13.6 Å². The Morgan fingerprint density at radius 3 is 2.12 bits per heavy atom. The molecule has 4 rings (SSSR count). The highest BCUT2D eigenvalue weighted by Gasteiger charge is 2.79. The molecule has 3 fully saturated rings. The first-order chi connectivity index (χ1) is 15.4. The van der Waals surface area contributed by atoms with E-state index in [0.717, 1.165) is 24.8 Å². The van der Waals surface area contributed by atoms with Crippen molar-refractivity contribution in [3.05, 3.63) is 29.8 Å². The summed E-state index contributed by atoms with van der Waals surface area (Å²) in [6.45, 7) is 19.9. The van der Waals surface area contributed by atoms with Gasteiger partial charge in [0.25, 0.3) is 0 Å². The molecule has 1 aromatic rings. The number of hydrogen-bond acceptors (Lipinski definition) is 5. The van der Waals surface area contributed by atoms with E-state index in [0.29, 0.717) is 17.9 Å². The summed E-state index contributed by atoms with van der Waals surface area (Å²) in [6.07, 6.45) is 3.02. The Morgan fingerprint density at radius 1 is 1.06 bits per heavy atom. The Labute approximate surface area is 208 Å². The van der Waals surface area contributed by atoms with Gasteiger partial charge < -0.3 is 13.6 Å². The summed E-state index contributed by atoms with van der Waals surface area (Å²) < 4.78 is 50.0. The summed E-state index contributed by atoms with van der Waals surface area (Å²) in [6, 6.07) is 7.13. The van der Waals surface area contributed by atoms with Crippen LogP contribution in [0.3, 0.4) is 0 Å². The first kappa shape index (κ1) is 26.5. The van der Waals surface area contributed by atoms with Crippen LogP contribution in [0.4, 0.5) is 0 Å². The van der Waals surface area contributed by atoms with E-state index in [1.807, 2.05) is 19.1 Å². The highest BCUT2D eigenvalue weighted by Crippen LogP contribution is 2.63. The summed E-state index contributed by atoms with van der Waals surface area (Å²) in [5.41, 5.74) is -0.464. The second-order valence-electron chi connectivity index (χ2n) is 13.0. The van der Waals surface area contributed by atoms with Gasteiger partial charge >= 0.3 is 0 Å². The molecule has 3 atom stereocenters. The zero-order chi connectivity index (χ0) is 25.4. The number of nitrogens with zero attached hydrogens (tertiary/aromatic N) is 1. The maximum Gasteiger partial charge on any atom is 0.245 e. The molecule has 0 aromatic heterocycles. The lowest BCUT2D eigenvalue weighted by atomic mass is 9.72. The Kier molecular flexibility index (Phi) is 6.41. The Balaban J connectivity index is 1.74. The van der Waals surface area contributed by atoms with Crippen molar-refractivity contribution in [1.82, 2.24) is 4.31 Å². The van der Waals surface area contributed by atoms with Crippen molar-refractivity contribution in [2.75, 3.05) is 6.54 Å². The zero-order valence-corrected chi connectivity index (χ0v) is 25.2. The lowest BCUT2D eigenvalue weighted by molar-refractivity contribution is -0.128. The van der Waals surface area contributed by atoms with Crippen LogP contribution >= 0.6 is 0 Å². The fraction of sp³-hybridized carbons (Fsp3) is 0.760. The second kappa shape index (κ2) is 8.23. The number of rotatable bonds is 7. The summed E-state index contributed by atoms with van der Waals surface area (Å²) >= 11 is 0. The van der Waals surface area contributed by atoms with Crippen molar-refractivity contribution in [3.63, 3.8) is 0 Å². The first-order valence-electron chi connectivity index (χ1n) is 12.6. The molecule has 0 unspecified atom stereocenters. The molecule has 9 heteroatoms. The molecule has 6 nitrogen and oxygen atoms in total. The average Bonchev–Trinajstić information content (AvgIpc) is 3.38. The summed E-state index contributed by atoms with van der Waals surface area (Å²) in [5.74, 6) is 0. The second-order valence-corrected chi connectivity index (χ2v) is 24.0. The van der Waals surface area contributed by atoms with E-state index in [1.54, 1.807) is 16.4 Å². The largest absolute Gasteiger partial charge is 0.412 e. The van der Waals surface area contributed by atoms with Crippen LogP contribution in [0.5, 0.6) is 0 Å². The van der Waals surface area contributed by atoms with E-state index < -0.39 is 38.0 Å². The molecule has 2 heterocycles. The normalized spacial score (nSPS) is 29.9. The summed E-state index contributed by atoms with van der Waals surface area (Å²) in [4.78, 5) is 0.308. The third kappa shape index (κ3) is 4.39. The van der Waals surface area contributed by atoms with Crippen LogP contribution in [0.1, 0.15) is 52.0 Å². The number of ether oxygens (including phenoxy) is 1. The van der Waals surface area contributed by atoms with Gasteiger partial charge in [0.15, 0.2) is 22.4 Å². The number of piperidine rings is 1. The Morgan fingerprint density at radius 2 is 1.65 bits per heavy atom. The minimum absolute atomic E-state index is 0.0444. The minimum atomic E-state index is -3.80. The smallest absolute Gasteiger partial charge is 0.245 e. The molecular formula is C25H43NO5SSi2. The van der Waals surface area contributed by atoms with Gasteiger partial charge in [-0.25, -0.2) is 8.42 Å². The first-order valence-corrected chi connectivity index (χ1v) is 20.3. The maximum absolute atomic E-state index is 14.2. The molecule has 2 saturated heterocycles. The van der Waals surface area contributed by atoms with Gasteiger partial charge in [0.1, 0.15) is 11.7 Å². The van der Waals surface area contributed by atoms with Crippen molar-refractivity contribution in [3.8, 4) is 0 Å². The van der Waals surface area contributed by atoms with Crippen LogP contribution in [0.15, 0.2) is 29.2 Å². The van der Waals surface area contributed by atoms with Crippen molar-refractivity contribution >= 4 is 26.7 Å². The molecule has 0 bridgehead atoms. The van der Waals surface area contributed by atoms with E-state index in [2.05, 4.69) is 53.5 Å². The number of hydrogen-bond donors (Lipinski definition) is 0. The summed E-state index contributed by atoms with van der Waals surface area (Å²) in [5, 5.41) is 0.0444. The van der Waals surface area contributed by atoms with Gasteiger partial charge in [-0.2, -0.15) is 4.31 Å². The van der Waals surface area contributed by atoms with Crippen molar-refractivity contribution < 1.29 is 22.0 Å². The average molecular weight is 526 g/mol. The quantitative estimate of drug-likeness (QED) is 0.340. The molecule has 34 heavy (non-hydrogen) atoms. The molecule has 2 aliphatic heterocycles. The molecule has 1 aromatic carbocycles. The molecule has 0 radical (unpaired) electrons. The van der Waals surface area contributed by atoms with Crippen molar-refractivity contribution in [1.29, 1.82) is 0 Å². The number of fused-ring (bicyclic) bond motifs is 1. The van der Waals surface area contributed by atoms with Crippen LogP contribution in [0.25, 0.3) is 0 Å². The number of epoxide rings is 1. The maximum atomic E-state index is 14.2. The topological polar surface area (TPSA) is 68.4 Å². The van der Waals surface area contributed by atoms with Gasteiger partial charge in [-0.05, 0) is 76.1 Å². The van der Waals surface area contributed by atoms with Gasteiger partial charge in [0, 0.05) is 13.0 Å². The van der Waals surface area contributed by atoms with Crippen LogP contribution in [0, 0.1) is 6.92 Å². The van der Waals surface area contributed by atoms with Gasteiger partial charge in [-0.1, -0.05) is 38.5 Å². The van der Waals surface area contributed by atoms with E-state index in [1.165, 1.54) is 0 Å². The molecule has 0 N–H and O–H groups in total. The predicted octanol–water partition coefficient (Wildman–Crippen LogP) is 5.65. The number of aryl methyl sites for hydroxylation is 1. The standard InChI is InChI=1S/C25H43NO5SSi2/c1-19-11-13-21(14-12-19)32(27,28)26-18-20(30-34(8,9)23(2,3)4)17-22-25(26,29-22)24(15-10-16-24)31-33(5,6)7/h11-14,20,22H,10,15-18H2,1-9H3/t20-,22-,25+/m0/s1. The van der Waals surface area contributed by atoms with Gasteiger partial charge in [0.05, 0.1) is 11.0 Å². The van der Waals surface area contributed by atoms with Crippen LogP contribution in [0.2, 0.25) is 37.8 Å². The SMILES string of the molecule is Cc1ccc(S(=O)(=O)N2C[C@@H](O[Si](C)(C)C(C)(C)C)C[C@@H]3O[C@@]32C2(O[Si](C)(C)C)CCC2)cc1. The molecule has 0 amide bonds. The lowest BCUT2D eigenvalue weighted by Crippen LogP contribution is -2.69. The molecule has 3 aliphatic rings. The number of sulfonamides is 1. The monoisotopic (exact) mass is 525 g/mol. The lowest BCUT2D eigenvalue weighted by Gasteiger charge is -2.54. The van der Waals surface area contributed by atoms with E-state index in [9.17, 15) is 8.42 Å². The van der Waals surface area contributed by atoms with E-state index >= 15 is 0 Å². The molecule has 192 valence electrons. The summed E-state index contributed by atoms with van der Waals surface area (Å²) in [7, 11) is -7.84. The van der Waals surface area contributed by atoms with Crippen LogP contribution in [-0.4, -0.2) is 59.4 Å². The van der Waals surface area contributed by atoms with Crippen LogP contribution < -0.4 is 0 Å². The van der Waals surface area contributed by atoms with Crippen molar-refractivity contribution in [2.24, 2.45) is 0 Å². The van der Waals surface area contributed by atoms with Crippen molar-refractivity contribution in [2.45, 2.75) is 120 Å². The third-order valence-electron chi connectivity index (χ3n) is 8.11.